The third-order valence-electron chi connectivity index (χ3n) is 5.56. The molecule has 12 heteroatoms. The predicted molar refractivity (Wildman–Crippen MR) is 142 cm³/mol. The molecule has 0 radical (unpaired) electrons. The summed E-state index contributed by atoms with van der Waals surface area (Å²) in [5.41, 5.74) is 0.526. The molecule has 2 aromatic carbocycles. The number of nitro groups is 1. The maximum absolute atomic E-state index is 13.3. The summed E-state index contributed by atoms with van der Waals surface area (Å²) in [5, 5.41) is 23.5. The number of hydrogen-bond acceptors (Lipinski definition) is 7. The summed E-state index contributed by atoms with van der Waals surface area (Å²) in [5.74, 6) is -1.10. The van der Waals surface area contributed by atoms with Gasteiger partial charge < -0.3 is 15.2 Å². The number of sulfonamides is 1. The SMILES string of the molecule is COc1cccc(C=CC(=O)NCCCC[C@@H](C(=O)O)N(CC(C)C)S(=O)(=O)c2ccc([N+](=O)[O-])cc2)c1. The van der Waals surface area contributed by atoms with E-state index in [9.17, 15) is 33.2 Å². The molecule has 0 unspecified atom stereocenters. The Kier molecular flexibility index (Phi) is 11.4. The van der Waals surface area contributed by atoms with Crippen molar-refractivity contribution in [1.29, 1.82) is 0 Å². The Labute approximate surface area is 222 Å². The highest BCUT2D eigenvalue weighted by atomic mass is 32.2. The van der Waals surface area contributed by atoms with Gasteiger partial charge in [-0.3, -0.25) is 19.7 Å². The van der Waals surface area contributed by atoms with Gasteiger partial charge in [0.2, 0.25) is 15.9 Å². The number of methoxy groups -OCH3 is 1. The molecule has 0 saturated heterocycles. The number of carboxylic acid groups (broad SMARTS) is 1. The molecule has 2 N–H and O–H groups in total. The van der Waals surface area contributed by atoms with Gasteiger partial charge in [0.15, 0.2) is 0 Å². The van der Waals surface area contributed by atoms with E-state index >= 15 is 0 Å². The van der Waals surface area contributed by atoms with Crippen molar-refractivity contribution in [3.05, 3.63) is 70.3 Å². The normalized spacial score (nSPS) is 12.6. The molecule has 0 aliphatic carbocycles. The van der Waals surface area contributed by atoms with Crippen LogP contribution in [0.25, 0.3) is 6.08 Å². The fraction of sp³-hybridized carbons (Fsp3) is 0.385. The molecular formula is C26H33N3O8S. The molecule has 0 spiro atoms. The van der Waals surface area contributed by atoms with Crippen LogP contribution in [-0.4, -0.2) is 60.9 Å². The van der Waals surface area contributed by atoms with Crippen molar-refractivity contribution in [1.82, 2.24) is 9.62 Å². The summed E-state index contributed by atoms with van der Waals surface area (Å²) >= 11 is 0. The third kappa shape index (κ3) is 8.96. The Hall–Kier alpha value is -3.77. The number of carbonyl (C=O) groups excluding carboxylic acids is 1. The number of rotatable bonds is 15. The second-order valence-electron chi connectivity index (χ2n) is 8.97. The Balaban J connectivity index is 2.01. The van der Waals surface area contributed by atoms with Crippen molar-refractivity contribution in [3.8, 4) is 5.75 Å². The van der Waals surface area contributed by atoms with Gasteiger partial charge in [0, 0.05) is 31.3 Å². The topological polar surface area (TPSA) is 156 Å². The minimum Gasteiger partial charge on any atom is -0.497 e. The molecule has 0 aliphatic heterocycles. The lowest BCUT2D eigenvalue weighted by Gasteiger charge is -2.29. The monoisotopic (exact) mass is 547 g/mol. The lowest BCUT2D eigenvalue weighted by Crippen LogP contribution is -2.46. The molecule has 1 amide bonds. The molecule has 0 fully saturated rings. The Morgan fingerprint density at radius 3 is 2.42 bits per heavy atom. The number of carbonyl (C=O) groups is 2. The number of benzene rings is 2. The average molecular weight is 548 g/mol. The maximum atomic E-state index is 13.3. The van der Waals surface area contributed by atoms with Gasteiger partial charge in [-0.15, -0.1) is 0 Å². The number of non-ortho nitro benzene ring substituents is 1. The van der Waals surface area contributed by atoms with Crippen molar-refractivity contribution in [2.24, 2.45) is 5.92 Å². The van der Waals surface area contributed by atoms with Crippen molar-refractivity contribution in [2.45, 2.75) is 44.0 Å². The van der Waals surface area contributed by atoms with Gasteiger partial charge >= 0.3 is 5.97 Å². The number of hydrogen-bond donors (Lipinski definition) is 2. The predicted octanol–water partition coefficient (Wildman–Crippen LogP) is 3.70. The molecule has 2 rings (SSSR count). The van der Waals surface area contributed by atoms with Crippen LogP contribution in [0.15, 0.2) is 59.5 Å². The van der Waals surface area contributed by atoms with Gasteiger partial charge in [-0.25, -0.2) is 8.42 Å². The molecule has 0 aromatic heterocycles. The molecule has 0 heterocycles. The molecule has 38 heavy (non-hydrogen) atoms. The number of carboxylic acids is 1. The van der Waals surface area contributed by atoms with Crippen LogP contribution in [0.5, 0.6) is 5.75 Å². The first-order chi connectivity index (χ1) is 17.9. The lowest BCUT2D eigenvalue weighted by molar-refractivity contribution is -0.384. The fourth-order valence-electron chi connectivity index (χ4n) is 3.67. The summed E-state index contributed by atoms with van der Waals surface area (Å²) in [7, 11) is -2.68. The highest BCUT2D eigenvalue weighted by Crippen LogP contribution is 2.24. The van der Waals surface area contributed by atoms with E-state index in [1.54, 1.807) is 45.2 Å². The highest BCUT2D eigenvalue weighted by molar-refractivity contribution is 7.89. The number of aliphatic carboxylic acids is 1. The van der Waals surface area contributed by atoms with E-state index in [4.69, 9.17) is 4.74 Å². The van der Waals surface area contributed by atoms with E-state index in [-0.39, 0.29) is 41.9 Å². The average Bonchev–Trinajstić information content (AvgIpc) is 2.88. The van der Waals surface area contributed by atoms with E-state index in [1.807, 2.05) is 6.07 Å². The smallest absolute Gasteiger partial charge is 0.322 e. The van der Waals surface area contributed by atoms with E-state index < -0.39 is 27.0 Å². The second-order valence-corrected chi connectivity index (χ2v) is 10.9. The number of amides is 1. The van der Waals surface area contributed by atoms with Crippen LogP contribution >= 0.6 is 0 Å². The number of unbranched alkanes of at least 4 members (excludes halogenated alkanes) is 1. The number of nitrogens with zero attached hydrogens (tertiary/aromatic N) is 2. The molecule has 1 atom stereocenters. The van der Waals surface area contributed by atoms with Crippen LogP contribution in [0.1, 0.15) is 38.7 Å². The second kappa shape index (κ2) is 14.2. The zero-order chi connectivity index (χ0) is 28.3. The molecule has 11 nitrogen and oxygen atoms in total. The van der Waals surface area contributed by atoms with Gasteiger partial charge in [-0.05, 0) is 61.1 Å². The summed E-state index contributed by atoms with van der Waals surface area (Å²) in [6, 6.07) is 10.2. The van der Waals surface area contributed by atoms with Crippen LogP contribution in [0.4, 0.5) is 5.69 Å². The first-order valence-corrected chi connectivity index (χ1v) is 13.5. The number of ether oxygens (including phenoxy) is 1. The molecule has 206 valence electrons. The van der Waals surface area contributed by atoms with Gasteiger partial charge in [-0.1, -0.05) is 26.0 Å². The minimum absolute atomic E-state index is 0.0315. The van der Waals surface area contributed by atoms with Crippen LogP contribution in [0.3, 0.4) is 0 Å². The molecule has 0 saturated carbocycles. The summed E-state index contributed by atoms with van der Waals surface area (Å²) < 4.78 is 32.7. The van der Waals surface area contributed by atoms with E-state index in [1.165, 1.54) is 6.08 Å². The number of nitro benzene ring substituents is 1. The Morgan fingerprint density at radius 1 is 1.16 bits per heavy atom. The van der Waals surface area contributed by atoms with E-state index in [2.05, 4.69) is 5.32 Å². The van der Waals surface area contributed by atoms with Crippen molar-refractivity contribution < 1.29 is 32.8 Å². The van der Waals surface area contributed by atoms with Gasteiger partial charge in [0.25, 0.3) is 5.69 Å². The lowest BCUT2D eigenvalue weighted by atomic mass is 10.1. The molecular weight excluding hydrogens is 514 g/mol. The Bertz CT molecular complexity index is 1240. The van der Waals surface area contributed by atoms with Gasteiger partial charge in [0.1, 0.15) is 11.8 Å². The zero-order valence-electron chi connectivity index (χ0n) is 21.6. The van der Waals surface area contributed by atoms with Crippen molar-refractivity contribution >= 4 is 33.7 Å². The summed E-state index contributed by atoms with van der Waals surface area (Å²) in [6.45, 7) is 3.78. The van der Waals surface area contributed by atoms with Crippen LogP contribution in [0.2, 0.25) is 0 Å². The first-order valence-electron chi connectivity index (χ1n) is 12.0. The molecule has 0 aliphatic rings. The fourth-order valence-corrected chi connectivity index (χ4v) is 5.44. The van der Waals surface area contributed by atoms with Gasteiger partial charge in [-0.2, -0.15) is 4.31 Å². The third-order valence-corrected chi connectivity index (χ3v) is 7.45. The van der Waals surface area contributed by atoms with Crippen LogP contribution in [-0.2, 0) is 19.6 Å². The highest BCUT2D eigenvalue weighted by Gasteiger charge is 2.36. The Morgan fingerprint density at radius 2 is 1.84 bits per heavy atom. The van der Waals surface area contributed by atoms with Crippen molar-refractivity contribution in [3.63, 3.8) is 0 Å². The van der Waals surface area contributed by atoms with Crippen LogP contribution in [0, 0.1) is 16.0 Å². The van der Waals surface area contributed by atoms with E-state index in [0.717, 1.165) is 34.1 Å². The van der Waals surface area contributed by atoms with E-state index in [0.29, 0.717) is 18.6 Å². The molecule has 0 bridgehead atoms. The first kappa shape index (κ1) is 30.5. The van der Waals surface area contributed by atoms with Gasteiger partial charge in [0.05, 0.1) is 16.9 Å². The number of nitrogens with one attached hydrogen (secondary N) is 1. The summed E-state index contributed by atoms with van der Waals surface area (Å²) in [4.78, 5) is 34.3. The largest absolute Gasteiger partial charge is 0.497 e. The standard InChI is InChI=1S/C26H33N3O8S/c1-19(2)18-28(38(35,36)23-13-11-21(12-14-23)29(33)34)24(26(31)32)9-4-5-16-27-25(30)15-10-20-7-6-8-22(17-20)37-3/h6-8,10-15,17,19,24H,4-5,9,16,18H2,1-3H3,(H,27,30)(H,31,32)/t24-/m0/s1. The summed E-state index contributed by atoms with van der Waals surface area (Å²) in [6.07, 6.45) is 3.85. The maximum Gasteiger partial charge on any atom is 0.322 e. The van der Waals surface area contributed by atoms with Crippen LogP contribution < -0.4 is 10.1 Å². The quantitative estimate of drug-likeness (QED) is 0.148. The zero-order valence-corrected chi connectivity index (χ0v) is 22.4. The molecule has 2 aromatic rings. The minimum atomic E-state index is -4.24. The van der Waals surface area contributed by atoms with Crippen molar-refractivity contribution in [2.75, 3.05) is 20.2 Å².